The van der Waals surface area contributed by atoms with Crippen molar-refractivity contribution in [3.05, 3.63) is 53.6 Å². The van der Waals surface area contributed by atoms with Crippen molar-refractivity contribution in [2.24, 2.45) is 5.73 Å². The third-order valence-electron chi connectivity index (χ3n) is 4.23. The Labute approximate surface area is 175 Å². The van der Waals surface area contributed by atoms with Crippen LogP contribution in [0.3, 0.4) is 0 Å². The zero-order chi connectivity index (χ0) is 22.1. The van der Waals surface area contributed by atoms with Gasteiger partial charge in [-0.2, -0.15) is 0 Å². The third kappa shape index (κ3) is 6.51. The number of ketones is 1. The first-order valence-electron chi connectivity index (χ1n) is 9.70. The molecule has 30 heavy (non-hydrogen) atoms. The van der Waals surface area contributed by atoms with Gasteiger partial charge < -0.3 is 25.6 Å². The van der Waals surface area contributed by atoms with Crippen LogP contribution < -0.4 is 20.5 Å². The molecule has 0 saturated heterocycles. The average Bonchev–Trinajstić information content (AvgIpc) is 2.71. The van der Waals surface area contributed by atoms with Gasteiger partial charge in [0.05, 0.1) is 6.61 Å². The van der Waals surface area contributed by atoms with Crippen LogP contribution in [-0.2, 0) is 9.59 Å². The lowest BCUT2D eigenvalue weighted by atomic mass is 10.1. The van der Waals surface area contributed by atoms with Crippen LogP contribution >= 0.6 is 0 Å². The number of rotatable bonds is 12. The van der Waals surface area contributed by atoms with E-state index < -0.39 is 12.0 Å². The third-order valence-corrected chi connectivity index (χ3v) is 4.23. The summed E-state index contributed by atoms with van der Waals surface area (Å²) in [5, 5.41) is 20.2. The number of carboxylic acid groups (broad SMARTS) is 1. The number of nitrogens with two attached hydrogens (primary N) is 1. The van der Waals surface area contributed by atoms with Crippen LogP contribution in [0.25, 0.3) is 0 Å². The van der Waals surface area contributed by atoms with Gasteiger partial charge in [-0.15, -0.1) is 0 Å². The molecule has 0 saturated carbocycles. The van der Waals surface area contributed by atoms with E-state index in [1.165, 1.54) is 0 Å². The quantitative estimate of drug-likeness (QED) is 0.309. The van der Waals surface area contributed by atoms with Crippen LogP contribution in [0, 0.1) is 5.41 Å². The molecule has 5 N–H and O–H groups in total. The van der Waals surface area contributed by atoms with Crippen LogP contribution in [0.1, 0.15) is 43.9 Å². The van der Waals surface area contributed by atoms with E-state index in [1.54, 1.807) is 42.5 Å². The normalized spacial score (nSPS) is 11.4. The van der Waals surface area contributed by atoms with Gasteiger partial charge in [-0.25, -0.2) is 4.79 Å². The van der Waals surface area contributed by atoms with Gasteiger partial charge in [0.1, 0.15) is 23.9 Å². The number of carbonyl (C=O) groups is 2. The highest BCUT2D eigenvalue weighted by atomic mass is 16.5. The maximum atomic E-state index is 12.0. The molecular weight excluding hydrogens is 386 g/mol. The maximum absolute atomic E-state index is 12.0. The number of aliphatic carboxylic acids is 1. The summed E-state index contributed by atoms with van der Waals surface area (Å²) in [6.45, 7) is 4.05. The number of nitrogen functional groups attached to an aromatic ring is 1. The molecule has 0 unspecified atom stereocenters. The van der Waals surface area contributed by atoms with Gasteiger partial charge in [0.2, 0.25) is 0 Å². The number of hydrogen-bond donors (Lipinski definition) is 4. The number of Topliss-reactive ketones (excluding diaryl/α,β-unsaturated/α-hetero) is 1. The van der Waals surface area contributed by atoms with Gasteiger partial charge in [0.15, 0.2) is 11.8 Å². The number of carbonyl (C=O) groups excluding carboxylic acids is 1. The number of ether oxygens (including phenoxy) is 2. The average molecular weight is 413 g/mol. The molecule has 8 nitrogen and oxygen atoms in total. The van der Waals surface area contributed by atoms with Crippen molar-refractivity contribution in [1.29, 1.82) is 5.41 Å². The zero-order valence-electron chi connectivity index (χ0n) is 17.1. The summed E-state index contributed by atoms with van der Waals surface area (Å²) >= 11 is 0. The molecule has 0 amide bonds. The van der Waals surface area contributed by atoms with Gasteiger partial charge in [-0.3, -0.25) is 10.2 Å². The first-order chi connectivity index (χ1) is 14.3. The van der Waals surface area contributed by atoms with Gasteiger partial charge in [-0.1, -0.05) is 6.92 Å². The van der Waals surface area contributed by atoms with Gasteiger partial charge in [0, 0.05) is 23.7 Å². The van der Waals surface area contributed by atoms with E-state index in [0.29, 0.717) is 41.3 Å². The molecule has 2 rings (SSSR count). The minimum Gasteiger partial charge on any atom is -0.494 e. The van der Waals surface area contributed by atoms with Crippen LogP contribution in [0.5, 0.6) is 11.5 Å². The fourth-order valence-corrected chi connectivity index (χ4v) is 2.81. The van der Waals surface area contributed by atoms with Crippen molar-refractivity contribution in [3.63, 3.8) is 0 Å². The Kier molecular flexibility index (Phi) is 8.22. The number of nitrogens with one attached hydrogen (secondary N) is 2. The number of anilines is 1. The molecule has 0 heterocycles. The molecule has 160 valence electrons. The summed E-state index contributed by atoms with van der Waals surface area (Å²) < 4.78 is 11.1. The smallest absolute Gasteiger partial charge is 0.330 e. The fourth-order valence-electron chi connectivity index (χ4n) is 2.81. The lowest BCUT2D eigenvalue weighted by molar-refractivity contribution is -0.138. The van der Waals surface area contributed by atoms with Crippen molar-refractivity contribution in [3.8, 4) is 11.5 Å². The van der Waals surface area contributed by atoms with Crippen LogP contribution in [0.2, 0.25) is 0 Å². The largest absolute Gasteiger partial charge is 0.494 e. The molecule has 0 bridgehead atoms. The summed E-state index contributed by atoms with van der Waals surface area (Å²) in [5.74, 6) is -0.375. The Morgan fingerprint density at radius 1 is 1.10 bits per heavy atom. The van der Waals surface area contributed by atoms with Crippen molar-refractivity contribution in [2.45, 2.75) is 32.7 Å². The molecule has 0 aromatic heterocycles. The van der Waals surface area contributed by atoms with Crippen LogP contribution in [0.15, 0.2) is 42.5 Å². The summed E-state index contributed by atoms with van der Waals surface area (Å²) in [5.41, 5.74) is 6.96. The number of amidine groups is 1. The Morgan fingerprint density at radius 3 is 2.27 bits per heavy atom. The molecule has 2 aromatic rings. The second kappa shape index (κ2) is 10.8. The van der Waals surface area contributed by atoms with E-state index in [1.807, 2.05) is 13.8 Å². The van der Waals surface area contributed by atoms with Crippen molar-refractivity contribution < 1.29 is 24.2 Å². The molecule has 0 fully saturated rings. The number of benzene rings is 2. The summed E-state index contributed by atoms with van der Waals surface area (Å²) in [6, 6.07) is 10.3. The minimum atomic E-state index is -1.09. The standard InChI is InChI=1S/C22H27N3O5/c1-3-5-17(26)13-30-19-11-15(10-18(12-19)29-4-2)20(22(27)28)25-16-8-6-14(7-9-16)21(23)24/h6-12,20,25H,3-5,13H2,1-2H3,(H3,23,24)(H,27,28)/t20-/m1/s1. The predicted octanol–water partition coefficient (Wildman–Crippen LogP) is 3.36. The second-order valence-electron chi connectivity index (χ2n) is 6.65. The Bertz CT molecular complexity index is 896. The van der Waals surface area contributed by atoms with Crippen LogP contribution in [0.4, 0.5) is 5.69 Å². The van der Waals surface area contributed by atoms with Crippen LogP contribution in [-0.4, -0.2) is 35.9 Å². The Hall–Kier alpha value is -3.55. The summed E-state index contributed by atoms with van der Waals surface area (Å²) in [7, 11) is 0. The number of hydrogen-bond acceptors (Lipinski definition) is 6. The monoisotopic (exact) mass is 413 g/mol. The molecule has 0 aliphatic rings. The van der Waals surface area contributed by atoms with Gasteiger partial charge >= 0.3 is 5.97 Å². The fraction of sp³-hybridized carbons (Fsp3) is 0.318. The van der Waals surface area contributed by atoms with E-state index >= 15 is 0 Å². The lowest BCUT2D eigenvalue weighted by Crippen LogP contribution is -2.21. The second-order valence-corrected chi connectivity index (χ2v) is 6.65. The molecule has 0 spiro atoms. The summed E-state index contributed by atoms with van der Waals surface area (Å²) in [4.78, 5) is 23.7. The van der Waals surface area contributed by atoms with E-state index in [0.717, 1.165) is 6.42 Å². The maximum Gasteiger partial charge on any atom is 0.330 e. The van der Waals surface area contributed by atoms with E-state index in [9.17, 15) is 14.7 Å². The summed E-state index contributed by atoms with van der Waals surface area (Å²) in [6.07, 6.45) is 1.16. The highest BCUT2D eigenvalue weighted by Gasteiger charge is 2.22. The minimum absolute atomic E-state index is 0.0284. The van der Waals surface area contributed by atoms with E-state index in [4.69, 9.17) is 20.6 Å². The van der Waals surface area contributed by atoms with Gasteiger partial charge in [-0.05, 0) is 55.3 Å². The van der Waals surface area contributed by atoms with Gasteiger partial charge in [0.25, 0.3) is 0 Å². The molecular formula is C22H27N3O5. The molecule has 8 heteroatoms. The van der Waals surface area contributed by atoms with Crippen molar-refractivity contribution >= 4 is 23.3 Å². The lowest BCUT2D eigenvalue weighted by Gasteiger charge is -2.19. The molecule has 2 aromatic carbocycles. The Morgan fingerprint density at radius 2 is 1.73 bits per heavy atom. The molecule has 0 aliphatic heterocycles. The highest BCUT2D eigenvalue weighted by molar-refractivity contribution is 5.95. The topological polar surface area (TPSA) is 135 Å². The molecule has 0 radical (unpaired) electrons. The predicted molar refractivity (Wildman–Crippen MR) is 114 cm³/mol. The Balaban J connectivity index is 2.29. The first kappa shape index (κ1) is 22.7. The zero-order valence-corrected chi connectivity index (χ0v) is 17.1. The van der Waals surface area contributed by atoms with Crippen molar-refractivity contribution in [2.75, 3.05) is 18.5 Å². The molecule has 0 aliphatic carbocycles. The SMILES string of the molecule is CCCC(=O)COc1cc(OCC)cc([C@@H](Nc2ccc(C(=N)N)cc2)C(=O)O)c1. The van der Waals surface area contributed by atoms with Crippen molar-refractivity contribution in [1.82, 2.24) is 0 Å². The first-order valence-corrected chi connectivity index (χ1v) is 9.70. The molecule has 1 atom stereocenters. The highest BCUT2D eigenvalue weighted by Crippen LogP contribution is 2.29. The number of carboxylic acids is 1. The van der Waals surface area contributed by atoms with E-state index in [-0.39, 0.29) is 18.2 Å². The van der Waals surface area contributed by atoms with E-state index in [2.05, 4.69) is 5.32 Å².